The Hall–Kier alpha value is -1.30. The van der Waals surface area contributed by atoms with Crippen LogP contribution in [0.1, 0.15) is 94.9 Å². The van der Waals surface area contributed by atoms with Crippen LogP contribution in [0.4, 0.5) is 0 Å². The van der Waals surface area contributed by atoms with E-state index in [-0.39, 0.29) is 31.1 Å². The Labute approximate surface area is 297 Å². The van der Waals surface area contributed by atoms with Crippen LogP contribution in [-0.2, 0) is 42.7 Å². The molecule has 14 nitrogen and oxygen atoms in total. The number of aliphatic hydroxyl groups is 4. The van der Waals surface area contributed by atoms with E-state index in [4.69, 9.17) is 38.9 Å². The van der Waals surface area contributed by atoms with Crippen molar-refractivity contribution in [1.82, 2.24) is 0 Å². The van der Waals surface area contributed by atoms with Gasteiger partial charge in [0.15, 0.2) is 12.6 Å². The van der Waals surface area contributed by atoms with Gasteiger partial charge in [0.25, 0.3) is 0 Å². The standard InChI is InChI=1S/C36H65NO13/c1-13-24-36(10,43)29(40)19(4)26(38)17(2)15-35(9,45-12)31(50-33-27(39)23(37)14-18(3)46-33)20(5)28(21(6)32(42)48-24)49-25-16-34(8,44-11)30(41)22(7)47-25/h17-25,27-31,33,39-41,43H,13-16,37H2,1-12H3/t17-,18-,19+,20+,21-,22+,23+,24-,25+,27-,28+,29-,30+,31-,33+,34-,35+,36-/m1/s1. The lowest BCUT2D eigenvalue weighted by atomic mass is 9.74. The smallest absolute Gasteiger partial charge is 0.311 e. The molecular weight excluding hydrogens is 654 g/mol. The minimum atomic E-state index is -1.97. The van der Waals surface area contributed by atoms with Gasteiger partial charge in [-0.3, -0.25) is 9.59 Å². The number of carbonyl (C=O) groups is 2. The lowest BCUT2D eigenvalue weighted by Crippen LogP contribution is -2.61. The van der Waals surface area contributed by atoms with Crippen LogP contribution < -0.4 is 5.73 Å². The van der Waals surface area contributed by atoms with Crippen LogP contribution in [-0.4, -0.2) is 131 Å². The maximum Gasteiger partial charge on any atom is 0.311 e. The Balaban J connectivity index is 2.20. The summed E-state index contributed by atoms with van der Waals surface area (Å²) in [5, 5.41) is 45.0. The van der Waals surface area contributed by atoms with Crippen molar-refractivity contribution in [1.29, 1.82) is 0 Å². The first-order chi connectivity index (χ1) is 23.1. The summed E-state index contributed by atoms with van der Waals surface area (Å²) in [6.45, 7) is 16.8. The highest BCUT2D eigenvalue weighted by atomic mass is 16.7. The zero-order valence-electron chi connectivity index (χ0n) is 32.0. The molecule has 3 heterocycles. The number of aliphatic hydroxyl groups excluding tert-OH is 3. The van der Waals surface area contributed by atoms with Crippen LogP contribution in [0.15, 0.2) is 0 Å². The molecule has 292 valence electrons. The summed E-state index contributed by atoms with van der Waals surface area (Å²) in [4.78, 5) is 28.0. The number of ketones is 1. The molecule has 0 amide bonds. The minimum absolute atomic E-state index is 0.0919. The molecule has 0 unspecified atom stereocenters. The molecule has 0 radical (unpaired) electrons. The molecule has 0 bridgehead atoms. The molecule has 0 saturated carbocycles. The Bertz CT molecular complexity index is 1140. The Morgan fingerprint density at radius 2 is 1.46 bits per heavy atom. The average Bonchev–Trinajstić information content (AvgIpc) is 3.06. The Kier molecular flexibility index (Phi) is 14.5. The molecule has 0 spiro atoms. The van der Waals surface area contributed by atoms with Crippen molar-refractivity contribution >= 4 is 11.8 Å². The zero-order valence-corrected chi connectivity index (χ0v) is 32.0. The Morgan fingerprint density at radius 3 is 2.02 bits per heavy atom. The van der Waals surface area contributed by atoms with E-state index in [2.05, 4.69) is 0 Å². The fourth-order valence-corrected chi connectivity index (χ4v) is 8.13. The van der Waals surface area contributed by atoms with Gasteiger partial charge in [0.05, 0.1) is 47.6 Å². The fourth-order valence-electron chi connectivity index (χ4n) is 8.13. The number of Topliss-reactive ketones (excluding diaryl/α,β-unsaturated/α-hetero) is 1. The second-order valence-corrected chi connectivity index (χ2v) is 15.8. The number of nitrogens with two attached hydrogens (primary N) is 1. The van der Waals surface area contributed by atoms with Gasteiger partial charge in [-0.1, -0.05) is 27.7 Å². The monoisotopic (exact) mass is 719 g/mol. The van der Waals surface area contributed by atoms with Crippen LogP contribution in [0.3, 0.4) is 0 Å². The lowest BCUT2D eigenvalue weighted by Gasteiger charge is -2.49. The summed E-state index contributed by atoms with van der Waals surface area (Å²) >= 11 is 0. The molecule has 3 fully saturated rings. The van der Waals surface area contributed by atoms with Crippen molar-refractivity contribution in [2.45, 2.75) is 179 Å². The molecule has 3 saturated heterocycles. The van der Waals surface area contributed by atoms with Gasteiger partial charge < -0.3 is 59.3 Å². The number of carbonyl (C=O) groups excluding carboxylic acids is 2. The summed E-state index contributed by atoms with van der Waals surface area (Å²) in [5.74, 6) is -4.55. The van der Waals surface area contributed by atoms with E-state index in [1.165, 1.54) is 28.1 Å². The van der Waals surface area contributed by atoms with Gasteiger partial charge in [0, 0.05) is 44.4 Å². The van der Waals surface area contributed by atoms with Crippen molar-refractivity contribution in [3.05, 3.63) is 0 Å². The number of hydrogen-bond acceptors (Lipinski definition) is 14. The van der Waals surface area contributed by atoms with E-state index in [0.717, 1.165) is 0 Å². The summed E-state index contributed by atoms with van der Waals surface area (Å²) in [7, 11) is 2.97. The van der Waals surface area contributed by atoms with E-state index < -0.39 is 108 Å². The van der Waals surface area contributed by atoms with E-state index in [9.17, 15) is 30.0 Å². The maximum absolute atomic E-state index is 14.1. The van der Waals surface area contributed by atoms with Crippen molar-refractivity contribution in [3.63, 3.8) is 0 Å². The van der Waals surface area contributed by atoms with E-state index in [1.807, 2.05) is 13.8 Å². The van der Waals surface area contributed by atoms with Crippen molar-refractivity contribution < 1.29 is 63.2 Å². The summed E-state index contributed by atoms with van der Waals surface area (Å²) in [5.41, 5.74) is 2.01. The van der Waals surface area contributed by atoms with Crippen molar-refractivity contribution in [2.24, 2.45) is 29.4 Å². The number of esters is 1. The highest BCUT2D eigenvalue weighted by Crippen LogP contribution is 2.41. The van der Waals surface area contributed by atoms with Gasteiger partial charge in [0.2, 0.25) is 0 Å². The number of methoxy groups -OCH3 is 2. The predicted molar refractivity (Wildman–Crippen MR) is 182 cm³/mol. The van der Waals surface area contributed by atoms with Gasteiger partial charge in [-0.25, -0.2) is 0 Å². The van der Waals surface area contributed by atoms with Crippen LogP contribution in [0.2, 0.25) is 0 Å². The number of hydrogen-bond donors (Lipinski definition) is 5. The summed E-state index contributed by atoms with van der Waals surface area (Å²) in [6, 6.07) is -0.635. The molecule has 0 aromatic rings. The molecule has 18 atom stereocenters. The predicted octanol–water partition coefficient (Wildman–Crippen LogP) is 1.84. The van der Waals surface area contributed by atoms with Gasteiger partial charge >= 0.3 is 5.97 Å². The molecule has 14 heteroatoms. The molecule has 50 heavy (non-hydrogen) atoms. The number of ether oxygens (including phenoxy) is 7. The SMILES string of the molecule is CC[C@H]1OC(=O)[C@H](C)[C@@H](O[C@H]2C[C@@](C)(OC)[C@@H](O)[C@H](C)O2)[C@H](C)[C@@H](O[C@@H]2O[C@H](C)C[C@H](N)[C@H]2O)[C@@](C)(OC)C[C@@H](C)C(=O)[C@H](C)[C@@H](O)[C@]1(C)O. The number of rotatable bonds is 7. The molecule has 0 aromatic carbocycles. The first kappa shape index (κ1) is 43.1. The largest absolute Gasteiger partial charge is 0.459 e. The summed E-state index contributed by atoms with van der Waals surface area (Å²) in [6.07, 6.45) is -9.28. The summed E-state index contributed by atoms with van der Waals surface area (Å²) < 4.78 is 43.3. The molecular formula is C36H65NO13. The lowest BCUT2D eigenvalue weighted by molar-refractivity contribution is -0.316. The average molecular weight is 720 g/mol. The van der Waals surface area contributed by atoms with Gasteiger partial charge in [-0.2, -0.15) is 0 Å². The molecule has 6 N–H and O–H groups in total. The van der Waals surface area contributed by atoms with Gasteiger partial charge in [-0.15, -0.1) is 0 Å². The molecule has 0 aliphatic carbocycles. The van der Waals surface area contributed by atoms with Crippen LogP contribution in [0.25, 0.3) is 0 Å². The van der Waals surface area contributed by atoms with Gasteiger partial charge in [-0.05, 0) is 60.8 Å². The zero-order chi connectivity index (χ0) is 38.1. The Morgan fingerprint density at radius 1 is 0.860 bits per heavy atom. The second-order valence-electron chi connectivity index (χ2n) is 15.8. The van der Waals surface area contributed by atoms with E-state index in [0.29, 0.717) is 6.42 Å². The third-order valence-corrected chi connectivity index (χ3v) is 11.7. The van der Waals surface area contributed by atoms with Gasteiger partial charge in [0.1, 0.15) is 29.7 Å². The van der Waals surface area contributed by atoms with Crippen molar-refractivity contribution in [3.8, 4) is 0 Å². The molecule has 0 aromatic heterocycles. The molecule has 3 aliphatic heterocycles. The van der Waals surface area contributed by atoms with Crippen molar-refractivity contribution in [2.75, 3.05) is 14.2 Å². The third kappa shape index (κ3) is 8.90. The minimum Gasteiger partial charge on any atom is -0.459 e. The van der Waals surface area contributed by atoms with Crippen LogP contribution >= 0.6 is 0 Å². The first-order valence-electron chi connectivity index (χ1n) is 18.1. The number of cyclic esters (lactones) is 1. The quantitative estimate of drug-likeness (QED) is 0.238. The fraction of sp³-hybridized carbons (Fsp3) is 0.944. The molecule has 3 aliphatic rings. The van der Waals surface area contributed by atoms with E-state index >= 15 is 0 Å². The van der Waals surface area contributed by atoms with Crippen LogP contribution in [0.5, 0.6) is 0 Å². The first-order valence-corrected chi connectivity index (χ1v) is 18.1. The van der Waals surface area contributed by atoms with Crippen LogP contribution in [0, 0.1) is 23.7 Å². The van der Waals surface area contributed by atoms with E-state index in [1.54, 1.807) is 41.5 Å². The third-order valence-electron chi connectivity index (χ3n) is 11.7. The topological polar surface area (TPSA) is 206 Å². The second kappa shape index (κ2) is 16.8. The normalized spacial score (nSPS) is 50.4. The highest BCUT2D eigenvalue weighted by Gasteiger charge is 2.53. The maximum atomic E-state index is 14.1. The highest BCUT2D eigenvalue weighted by molar-refractivity contribution is 5.83. The molecule has 3 rings (SSSR count).